The molecule has 3 aromatic carbocycles. The number of benzene rings is 3. The molecule has 0 aliphatic carbocycles. The summed E-state index contributed by atoms with van der Waals surface area (Å²) in [6.07, 6.45) is 2.67. The summed E-state index contributed by atoms with van der Waals surface area (Å²) in [5.74, 6) is -1.42. The maximum Gasteiger partial charge on any atom is 0.256 e. The van der Waals surface area contributed by atoms with E-state index in [0.717, 1.165) is 0 Å². The van der Waals surface area contributed by atoms with Crippen molar-refractivity contribution in [3.05, 3.63) is 107 Å². The number of hydrogen-bond acceptors (Lipinski definition) is 4. The third-order valence-electron chi connectivity index (χ3n) is 4.39. The fourth-order valence-electron chi connectivity index (χ4n) is 2.94. The van der Waals surface area contributed by atoms with Crippen LogP contribution >= 0.6 is 11.6 Å². The van der Waals surface area contributed by atoms with E-state index in [2.05, 4.69) is 15.4 Å². The van der Waals surface area contributed by atoms with Crippen LogP contribution in [0.25, 0.3) is 5.69 Å². The Morgan fingerprint density at radius 1 is 0.967 bits per heavy atom. The molecular weight excluding hydrogens is 407 g/mol. The highest BCUT2D eigenvalue weighted by atomic mass is 35.5. The molecule has 1 amide bonds. The number of amides is 1. The SMILES string of the molecule is O=C(Nc1ccc(-n2cncn2)c(F)c1)c1ccccc1C(=O)c1ccc(Cl)cc1. The maximum absolute atomic E-state index is 14.4. The van der Waals surface area contributed by atoms with Crippen LogP contribution in [0.4, 0.5) is 10.1 Å². The minimum absolute atomic E-state index is 0.179. The van der Waals surface area contributed by atoms with E-state index >= 15 is 0 Å². The summed E-state index contributed by atoms with van der Waals surface area (Å²) < 4.78 is 15.7. The molecule has 0 spiro atoms. The van der Waals surface area contributed by atoms with Crippen molar-refractivity contribution in [1.82, 2.24) is 14.8 Å². The van der Waals surface area contributed by atoms with Crippen LogP contribution in [0.5, 0.6) is 0 Å². The molecule has 148 valence electrons. The Morgan fingerprint density at radius 3 is 2.37 bits per heavy atom. The first kappa shape index (κ1) is 19.5. The minimum atomic E-state index is -0.580. The third kappa shape index (κ3) is 3.97. The van der Waals surface area contributed by atoms with Gasteiger partial charge in [0.15, 0.2) is 11.6 Å². The first-order valence-corrected chi connectivity index (χ1v) is 9.26. The van der Waals surface area contributed by atoms with E-state index < -0.39 is 11.7 Å². The summed E-state index contributed by atoms with van der Waals surface area (Å²) >= 11 is 5.88. The van der Waals surface area contributed by atoms with E-state index in [9.17, 15) is 14.0 Å². The molecule has 0 atom stereocenters. The average Bonchev–Trinajstić information content (AvgIpc) is 3.28. The fourth-order valence-corrected chi connectivity index (χ4v) is 3.06. The topological polar surface area (TPSA) is 76.9 Å². The van der Waals surface area contributed by atoms with Gasteiger partial charge in [-0.15, -0.1) is 0 Å². The summed E-state index contributed by atoms with van der Waals surface area (Å²) in [5, 5.41) is 7.02. The number of carbonyl (C=O) groups excluding carboxylic acids is 2. The summed E-state index contributed by atoms with van der Waals surface area (Å²) in [7, 11) is 0. The molecule has 8 heteroatoms. The Labute approximate surface area is 176 Å². The van der Waals surface area contributed by atoms with Crippen LogP contribution in [-0.2, 0) is 0 Å². The van der Waals surface area contributed by atoms with Crippen LogP contribution < -0.4 is 5.32 Å². The van der Waals surface area contributed by atoms with Crippen molar-refractivity contribution in [3.8, 4) is 5.69 Å². The Kier molecular flexibility index (Phi) is 5.36. The van der Waals surface area contributed by atoms with Gasteiger partial charge in [0.25, 0.3) is 5.91 Å². The highest BCUT2D eigenvalue weighted by Crippen LogP contribution is 2.21. The lowest BCUT2D eigenvalue weighted by Crippen LogP contribution is -2.17. The van der Waals surface area contributed by atoms with Gasteiger partial charge in [0.1, 0.15) is 18.3 Å². The van der Waals surface area contributed by atoms with Gasteiger partial charge in [0.05, 0.1) is 5.56 Å². The van der Waals surface area contributed by atoms with Gasteiger partial charge in [-0.05, 0) is 48.5 Å². The number of hydrogen-bond donors (Lipinski definition) is 1. The first-order valence-electron chi connectivity index (χ1n) is 8.88. The molecule has 0 aliphatic heterocycles. The smallest absolute Gasteiger partial charge is 0.256 e. The van der Waals surface area contributed by atoms with Gasteiger partial charge in [0.2, 0.25) is 0 Å². The summed E-state index contributed by atoms with van der Waals surface area (Å²) in [5.41, 5.74) is 1.26. The largest absolute Gasteiger partial charge is 0.322 e. The Balaban J connectivity index is 1.59. The van der Waals surface area contributed by atoms with Crippen LogP contribution in [0.3, 0.4) is 0 Å². The molecule has 0 radical (unpaired) electrons. The van der Waals surface area contributed by atoms with E-state index in [1.165, 1.54) is 29.5 Å². The molecule has 0 aliphatic rings. The third-order valence-corrected chi connectivity index (χ3v) is 4.65. The average molecular weight is 421 g/mol. The lowest BCUT2D eigenvalue weighted by atomic mass is 9.98. The van der Waals surface area contributed by atoms with Crippen LogP contribution in [0, 0.1) is 5.82 Å². The van der Waals surface area contributed by atoms with Crippen molar-refractivity contribution in [2.24, 2.45) is 0 Å². The van der Waals surface area contributed by atoms with Crippen LogP contribution in [0.15, 0.2) is 79.4 Å². The van der Waals surface area contributed by atoms with Crippen LogP contribution in [-0.4, -0.2) is 26.5 Å². The molecule has 6 nitrogen and oxygen atoms in total. The quantitative estimate of drug-likeness (QED) is 0.481. The lowest BCUT2D eigenvalue weighted by Gasteiger charge is -2.11. The number of anilines is 1. The lowest BCUT2D eigenvalue weighted by molar-refractivity contribution is 0.0996. The molecule has 1 N–H and O–H groups in total. The number of rotatable bonds is 5. The van der Waals surface area contributed by atoms with Gasteiger partial charge < -0.3 is 5.32 Å². The highest BCUT2D eigenvalue weighted by molar-refractivity contribution is 6.30. The Hall–Kier alpha value is -3.84. The molecule has 4 aromatic rings. The molecule has 1 heterocycles. The van der Waals surface area contributed by atoms with Crippen molar-refractivity contribution in [2.45, 2.75) is 0 Å². The highest BCUT2D eigenvalue weighted by Gasteiger charge is 2.18. The van der Waals surface area contributed by atoms with Crippen LogP contribution in [0.2, 0.25) is 5.02 Å². The van der Waals surface area contributed by atoms with Gasteiger partial charge >= 0.3 is 0 Å². The number of ketones is 1. The van der Waals surface area contributed by atoms with Gasteiger partial charge in [-0.25, -0.2) is 14.1 Å². The van der Waals surface area contributed by atoms with E-state index in [0.29, 0.717) is 10.6 Å². The molecule has 0 bridgehead atoms. The molecule has 30 heavy (non-hydrogen) atoms. The van der Waals surface area contributed by atoms with Crippen molar-refractivity contribution in [2.75, 3.05) is 5.32 Å². The van der Waals surface area contributed by atoms with E-state index in [1.54, 1.807) is 54.6 Å². The predicted molar refractivity (Wildman–Crippen MR) is 111 cm³/mol. The maximum atomic E-state index is 14.4. The molecular formula is C22H14ClFN4O2. The van der Waals surface area contributed by atoms with Crippen molar-refractivity contribution >= 4 is 29.0 Å². The molecule has 1 aromatic heterocycles. The Morgan fingerprint density at radius 2 is 1.70 bits per heavy atom. The zero-order valence-electron chi connectivity index (χ0n) is 15.4. The predicted octanol–water partition coefficient (Wildman–Crippen LogP) is 4.54. The molecule has 4 rings (SSSR count). The fraction of sp³-hybridized carbons (Fsp3) is 0. The molecule has 0 saturated carbocycles. The van der Waals surface area contributed by atoms with Gasteiger partial charge in [0, 0.05) is 21.8 Å². The van der Waals surface area contributed by atoms with Crippen molar-refractivity contribution in [3.63, 3.8) is 0 Å². The van der Waals surface area contributed by atoms with Crippen molar-refractivity contribution in [1.29, 1.82) is 0 Å². The second-order valence-electron chi connectivity index (χ2n) is 6.34. The van der Waals surface area contributed by atoms with E-state index in [1.807, 2.05) is 0 Å². The molecule has 0 fully saturated rings. The van der Waals surface area contributed by atoms with E-state index in [4.69, 9.17) is 11.6 Å². The molecule has 0 saturated heterocycles. The number of nitrogens with one attached hydrogen (secondary N) is 1. The van der Waals surface area contributed by atoms with E-state index in [-0.39, 0.29) is 28.3 Å². The number of aromatic nitrogens is 3. The second kappa shape index (κ2) is 8.26. The number of halogens is 2. The zero-order valence-corrected chi connectivity index (χ0v) is 16.2. The Bertz CT molecular complexity index is 1220. The van der Waals surface area contributed by atoms with Crippen molar-refractivity contribution < 1.29 is 14.0 Å². The normalized spacial score (nSPS) is 10.6. The standard InChI is InChI=1S/C22H14ClFN4O2/c23-15-7-5-14(6-8-15)21(29)17-3-1-2-4-18(17)22(30)27-16-9-10-20(19(24)11-16)28-13-25-12-26-28/h1-13H,(H,27,30). The van der Waals surface area contributed by atoms with Gasteiger partial charge in [-0.2, -0.15) is 5.10 Å². The monoisotopic (exact) mass is 420 g/mol. The van der Waals surface area contributed by atoms with Gasteiger partial charge in [-0.1, -0.05) is 29.8 Å². The van der Waals surface area contributed by atoms with Crippen LogP contribution in [0.1, 0.15) is 26.3 Å². The first-order chi connectivity index (χ1) is 14.5. The second-order valence-corrected chi connectivity index (χ2v) is 6.78. The minimum Gasteiger partial charge on any atom is -0.322 e. The summed E-state index contributed by atoms with van der Waals surface area (Å²) in [6.45, 7) is 0. The number of nitrogens with zero attached hydrogens (tertiary/aromatic N) is 3. The zero-order chi connectivity index (χ0) is 21.1. The van der Waals surface area contributed by atoms with Gasteiger partial charge in [-0.3, -0.25) is 9.59 Å². The summed E-state index contributed by atoms with van der Waals surface area (Å²) in [4.78, 5) is 29.5. The summed E-state index contributed by atoms with van der Waals surface area (Å²) in [6, 6.07) is 17.0. The molecule has 0 unspecified atom stereocenters. The number of carbonyl (C=O) groups is 2.